The van der Waals surface area contributed by atoms with Gasteiger partial charge >= 0.3 is 12.1 Å². The summed E-state index contributed by atoms with van der Waals surface area (Å²) in [6.45, 7) is 6.66. The highest BCUT2D eigenvalue weighted by Crippen LogP contribution is 2.29. The molecule has 0 bridgehead atoms. The van der Waals surface area contributed by atoms with Crippen LogP contribution < -0.4 is 4.90 Å². The average Bonchev–Trinajstić information content (AvgIpc) is 3.12. The number of alkyl halides is 3. The van der Waals surface area contributed by atoms with E-state index in [1.807, 2.05) is 31.2 Å². The summed E-state index contributed by atoms with van der Waals surface area (Å²) >= 11 is 0. The normalized spacial score (nSPS) is 14.5. The summed E-state index contributed by atoms with van der Waals surface area (Å²) in [4.78, 5) is 27.8. The second-order valence-electron chi connectivity index (χ2n) is 8.32. The van der Waals surface area contributed by atoms with Gasteiger partial charge in [0.25, 0.3) is 0 Å². The molecule has 0 spiro atoms. The molecular weight excluding hydrogens is 483 g/mol. The highest BCUT2D eigenvalue weighted by atomic mass is 35.5. The van der Waals surface area contributed by atoms with Crippen LogP contribution in [0.2, 0.25) is 0 Å². The molecule has 0 N–H and O–H groups in total. The van der Waals surface area contributed by atoms with Gasteiger partial charge in [-0.1, -0.05) is 18.2 Å². The molecule has 35 heavy (non-hydrogen) atoms. The van der Waals surface area contributed by atoms with Crippen molar-refractivity contribution in [1.29, 1.82) is 0 Å². The number of carbonyl (C=O) groups excluding carboxylic acids is 2. The Kier molecular flexibility index (Phi) is 8.25. The number of ketones is 1. The summed E-state index contributed by atoms with van der Waals surface area (Å²) in [5.74, 6) is -2.18. The first-order chi connectivity index (χ1) is 16.2. The smallest absolute Gasteiger partial charge is 0.379 e. The number of amides is 1. The highest BCUT2D eigenvalue weighted by molar-refractivity contribution is 6.17. The van der Waals surface area contributed by atoms with E-state index in [-0.39, 0.29) is 23.9 Å². The molecule has 0 unspecified atom stereocenters. The van der Waals surface area contributed by atoms with E-state index in [1.54, 1.807) is 0 Å². The van der Waals surface area contributed by atoms with Crippen LogP contribution in [0.15, 0.2) is 48.5 Å². The van der Waals surface area contributed by atoms with Crippen molar-refractivity contribution in [3.8, 4) is 0 Å². The molecule has 2 aromatic carbocycles. The number of carbonyl (C=O) groups is 2. The van der Waals surface area contributed by atoms with Crippen LogP contribution in [0, 0.1) is 6.92 Å². The lowest BCUT2D eigenvalue weighted by Gasteiger charge is -2.27. The van der Waals surface area contributed by atoms with Crippen LogP contribution >= 0.6 is 12.4 Å². The minimum atomic E-state index is -4.97. The minimum absolute atomic E-state index is 0. The zero-order valence-corrected chi connectivity index (χ0v) is 20.3. The molecule has 4 rings (SSSR count). The van der Waals surface area contributed by atoms with Gasteiger partial charge in [0.2, 0.25) is 0 Å². The number of para-hydroxylation sites is 1. The third-order valence-electron chi connectivity index (χ3n) is 6.27. The number of hydrogen-bond acceptors (Lipinski definition) is 4. The van der Waals surface area contributed by atoms with E-state index in [0.717, 1.165) is 63.0 Å². The average molecular weight is 510 g/mol. The number of ether oxygens (including phenoxy) is 1. The van der Waals surface area contributed by atoms with E-state index in [2.05, 4.69) is 9.47 Å². The maximum atomic E-state index is 13.5. The van der Waals surface area contributed by atoms with Gasteiger partial charge in [0.05, 0.1) is 18.8 Å². The molecule has 188 valence electrons. The van der Waals surface area contributed by atoms with Crippen molar-refractivity contribution in [3.63, 3.8) is 0 Å². The van der Waals surface area contributed by atoms with E-state index in [9.17, 15) is 22.8 Å². The summed E-state index contributed by atoms with van der Waals surface area (Å²) in [5, 5.41) is 0.834. The van der Waals surface area contributed by atoms with E-state index in [0.29, 0.717) is 16.0 Å². The number of benzene rings is 2. The van der Waals surface area contributed by atoms with Gasteiger partial charge in [-0.3, -0.25) is 14.5 Å². The lowest BCUT2D eigenvalue weighted by molar-refractivity contribution is -0.170. The van der Waals surface area contributed by atoms with Gasteiger partial charge in [0.1, 0.15) is 0 Å². The summed E-state index contributed by atoms with van der Waals surface area (Å²) in [6.07, 6.45) is -4.97. The molecule has 1 fully saturated rings. The molecule has 1 aliphatic rings. The molecule has 1 saturated heterocycles. The second kappa shape index (κ2) is 10.8. The van der Waals surface area contributed by atoms with Gasteiger partial charge in [-0.05, 0) is 37.3 Å². The van der Waals surface area contributed by atoms with Crippen LogP contribution in [0.3, 0.4) is 0 Å². The molecule has 0 radical (unpaired) electrons. The third-order valence-corrected chi connectivity index (χ3v) is 6.27. The van der Waals surface area contributed by atoms with E-state index < -0.39 is 12.1 Å². The van der Waals surface area contributed by atoms with Crippen molar-refractivity contribution in [2.75, 3.05) is 44.8 Å². The fourth-order valence-corrected chi connectivity index (χ4v) is 4.36. The predicted molar refractivity (Wildman–Crippen MR) is 131 cm³/mol. The van der Waals surface area contributed by atoms with Crippen LogP contribution in [0.5, 0.6) is 0 Å². The van der Waals surface area contributed by atoms with Crippen LogP contribution in [-0.2, 0) is 16.1 Å². The molecule has 0 atom stereocenters. The number of fused-ring (bicyclic) bond motifs is 1. The maximum Gasteiger partial charge on any atom is 0.471 e. The predicted octanol–water partition coefficient (Wildman–Crippen LogP) is 4.46. The standard InChI is InChI=1S/C25H26F3N3O3.ClH/c1-17-22(23(32)18-7-9-19(10-8-18)29(2)24(33)25(26,27)28)20-5-3-4-6-21(20)31(17)12-11-30-13-15-34-16-14-30;/h3-10H,11-16H2,1-2H3;1H. The van der Waals surface area contributed by atoms with Gasteiger partial charge in [-0.15, -0.1) is 12.4 Å². The first-order valence-electron chi connectivity index (χ1n) is 11.1. The van der Waals surface area contributed by atoms with Gasteiger partial charge in [-0.2, -0.15) is 13.2 Å². The molecule has 0 aliphatic carbocycles. The summed E-state index contributed by atoms with van der Waals surface area (Å²) in [7, 11) is 1.05. The Bertz CT molecular complexity index is 1200. The van der Waals surface area contributed by atoms with Crippen molar-refractivity contribution in [2.24, 2.45) is 0 Å². The Morgan fingerprint density at radius 1 is 1.00 bits per heavy atom. The van der Waals surface area contributed by atoms with Gasteiger partial charge < -0.3 is 14.2 Å². The molecule has 1 aromatic heterocycles. The summed E-state index contributed by atoms with van der Waals surface area (Å²) in [5.41, 5.74) is 2.78. The van der Waals surface area contributed by atoms with Crippen LogP contribution in [-0.4, -0.2) is 67.2 Å². The first kappa shape index (κ1) is 26.7. The zero-order chi connectivity index (χ0) is 24.5. The SMILES string of the molecule is Cc1c(C(=O)c2ccc(N(C)C(=O)C(F)(F)F)cc2)c2ccccc2n1CCN1CCOCC1.Cl. The lowest BCUT2D eigenvalue weighted by Crippen LogP contribution is -2.38. The Balaban J connectivity index is 0.00000342. The largest absolute Gasteiger partial charge is 0.471 e. The van der Waals surface area contributed by atoms with Gasteiger partial charge in [-0.25, -0.2) is 0 Å². The van der Waals surface area contributed by atoms with Crippen molar-refractivity contribution >= 4 is 40.7 Å². The molecule has 6 nitrogen and oxygen atoms in total. The van der Waals surface area contributed by atoms with Crippen molar-refractivity contribution in [3.05, 3.63) is 65.4 Å². The Labute approximate surface area is 207 Å². The number of anilines is 1. The Morgan fingerprint density at radius 3 is 2.26 bits per heavy atom. The third kappa shape index (κ3) is 5.52. The Morgan fingerprint density at radius 2 is 1.63 bits per heavy atom. The van der Waals surface area contributed by atoms with E-state index >= 15 is 0 Å². The molecule has 2 heterocycles. The van der Waals surface area contributed by atoms with E-state index in [1.165, 1.54) is 24.3 Å². The number of nitrogens with zero attached hydrogens (tertiary/aromatic N) is 3. The van der Waals surface area contributed by atoms with Gasteiger partial charge in [0.15, 0.2) is 5.78 Å². The topological polar surface area (TPSA) is 54.8 Å². The van der Waals surface area contributed by atoms with Crippen LogP contribution in [0.1, 0.15) is 21.6 Å². The molecule has 0 saturated carbocycles. The Hall–Kier alpha value is -2.88. The highest BCUT2D eigenvalue weighted by Gasteiger charge is 2.41. The van der Waals surface area contributed by atoms with Crippen LogP contribution in [0.4, 0.5) is 18.9 Å². The van der Waals surface area contributed by atoms with Crippen LogP contribution in [0.25, 0.3) is 10.9 Å². The molecule has 10 heteroatoms. The molecule has 3 aromatic rings. The maximum absolute atomic E-state index is 13.5. The number of hydrogen-bond donors (Lipinski definition) is 0. The fourth-order valence-electron chi connectivity index (χ4n) is 4.36. The number of rotatable bonds is 6. The number of aromatic nitrogens is 1. The van der Waals surface area contributed by atoms with Crippen molar-refractivity contribution in [2.45, 2.75) is 19.6 Å². The van der Waals surface area contributed by atoms with E-state index in [4.69, 9.17) is 4.74 Å². The molecular formula is C25H27ClF3N3O3. The number of morpholine rings is 1. The minimum Gasteiger partial charge on any atom is -0.379 e. The monoisotopic (exact) mass is 509 g/mol. The fraction of sp³-hybridized carbons (Fsp3) is 0.360. The molecule has 1 amide bonds. The summed E-state index contributed by atoms with van der Waals surface area (Å²) in [6, 6.07) is 13.3. The second-order valence-corrected chi connectivity index (χ2v) is 8.32. The molecule has 1 aliphatic heterocycles. The lowest BCUT2D eigenvalue weighted by atomic mass is 10.00. The first-order valence-corrected chi connectivity index (χ1v) is 11.1. The summed E-state index contributed by atoms with van der Waals surface area (Å²) < 4.78 is 45.8. The van der Waals surface area contributed by atoms with Crippen molar-refractivity contribution < 1.29 is 27.5 Å². The zero-order valence-electron chi connectivity index (χ0n) is 19.5. The van der Waals surface area contributed by atoms with Crippen molar-refractivity contribution in [1.82, 2.24) is 9.47 Å². The number of halogens is 4. The van der Waals surface area contributed by atoms with Gasteiger partial charge in [0, 0.05) is 61.1 Å². The quantitative estimate of drug-likeness (QED) is 0.460.